The molecular formula is C10H13ClFNO. The Hall–Kier alpha value is -0.800. The highest BCUT2D eigenvalue weighted by Gasteiger charge is 2.12. The predicted molar refractivity (Wildman–Crippen MR) is 55.2 cm³/mol. The summed E-state index contributed by atoms with van der Waals surface area (Å²) in [5.41, 5.74) is 5.29. The Labute approximate surface area is 87.8 Å². The zero-order chi connectivity index (χ0) is 10.8. The second-order valence-electron chi connectivity index (χ2n) is 3.85. The molecule has 0 amide bonds. The van der Waals surface area contributed by atoms with Crippen molar-refractivity contribution in [1.29, 1.82) is 0 Å². The monoisotopic (exact) mass is 217 g/mol. The second-order valence-corrected chi connectivity index (χ2v) is 4.26. The van der Waals surface area contributed by atoms with E-state index in [1.54, 1.807) is 0 Å². The third-order valence-electron chi connectivity index (χ3n) is 1.49. The zero-order valence-electron chi connectivity index (χ0n) is 8.18. The number of hydrogen-bond donors (Lipinski definition) is 1. The van der Waals surface area contributed by atoms with Gasteiger partial charge in [-0.05, 0) is 32.0 Å². The highest BCUT2D eigenvalue weighted by atomic mass is 35.5. The van der Waals surface area contributed by atoms with Crippen LogP contribution < -0.4 is 10.5 Å². The van der Waals surface area contributed by atoms with Gasteiger partial charge >= 0.3 is 0 Å². The summed E-state index contributed by atoms with van der Waals surface area (Å²) in [6, 6.07) is 3.99. The molecule has 0 aliphatic carbocycles. The van der Waals surface area contributed by atoms with E-state index >= 15 is 0 Å². The van der Waals surface area contributed by atoms with Crippen LogP contribution in [0.2, 0.25) is 5.02 Å². The van der Waals surface area contributed by atoms with E-state index in [1.807, 2.05) is 13.8 Å². The quantitative estimate of drug-likeness (QED) is 0.845. The van der Waals surface area contributed by atoms with Crippen molar-refractivity contribution in [3.05, 3.63) is 29.0 Å². The molecule has 0 aliphatic rings. The van der Waals surface area contributed by atoms with Crippen LogP contribution in [0.15, 0.2) is 18.2 Å². The molecule has 78 valence electrons. The molecule has 0 atom stereocenters. The first-order valence-electron chi connectivity index (χ1n) is 4.25. The average molecular weight is 218 g/mol. The third kappa shape index (κ3) is 3.52. The van der Waals surface area contributed by atoms with Gasteiger partial charge in [0.15, 0.2) is 0 Å². The first-order chi connectivity index (χ1) is 6.38. The maximum Gasteiger partial charge on any atom is 0.138 e. The number of benzene rings is 1. The van der Waals surface area contributed by atoms with E-state index < -0.39 is 5.54 Å². The van der Waals surface area contributed by atoms with Gasteiger partial charge in [-0.25, -0.2) is 4.39 Å². The highest BCUT2D eigenvalue weighted by Crippen LogP contribution is 2.25. The van der Waals surface area contributed by atoms with E-state index in [2.05, 4.69) is 0 Å². The molecule has 0 saturated carbocycles. The largest absolute Gasteiger partial charge is 0.490 e. The Kier molecular flexibility index (Phi) is 3.34. The maximum atomic E-state index is 12.7. The summed E-state index contributed by atoms with van der Waals surface area (Å²) >= 11 is 5.75. The van der Waals surface area contributed by atoms with Gasteiger partial charge in [0.05, 0.1) is 5.02 Å². The van der Waals surface area contributed by atoms with Gasteiger partial charge in [0, 0.05) is 5.54 Å². The SMILES string of the molecule is CC(C)(N)COc1ccc(F)cc1Cl. The van der Waals surface area contributed by atoms with Crippen molar-refractivity contribution in [2.24, 2.45) is 5.73 Å². The van der Waals surface area contributed by atoms with E-state index in [0.717, 1.165) is 0 Å². The molecule has 14 heavy (non-hydrogen) atoms. The van der Waals surface area contributed by atoms with Crippen molar-refractivity contribution in [2.45, 2.75) is 19.4 Å². The van der Waals surface area contributed by atoms with Crippen LogP contribution in [0.3, 0.4) is 0 Å². The van der Waals surface area contributed by atoms with Gasteiger partial charge in [0.2, 0.25) is 0 Å². The van der Waals surface area contributed by atoms with Crippen LogP contribution in [-0.2, 0) is 0 Å². The predicted octanol–water partition coefficient (Wildman–Crippen LogP) is 2.60. The summed E-state index contributed by atoms with van der Waals surface area (Å²) in [4.78, 5) is 0. The van der Waals surface area contributed by atoms with Crippen LogP contribution in [0.1, 0.15) is 13.8 Å². The first-order valence-corrected chi connectivity index (χ1v) is 4.63. The number of hydrogen-bond acceptors (Lipinski definition) is 2. The fraction of sp³-hybridized carbons (Fsp3) is 0.400. The molecule has 4 heteroatoms. The number of halogens is 2. The number of rotatable bonds is 3. The van der Waals surface area contributed by atoms with Crippen LogP contribution in [0.5, 0.6) is 5.75 Å². The Morgan fingerprint density at radius 2 is 2.14 bits per heavy atom. The van der Waals surface area contributed by atoms with Crippen molar-refractivity contribution in [3.8, 4) is 5.75 Å². The summed E-state index contributed by atoms with van der Waals surface area (Å²) < 4.78 is 18.0. The van der Waals surface area contributed by atoms with Crippen LogP contribution in [-0.4, -0.2) is 12.1 Å². The molecule has 0 bridgehead atoms. The third-order valence-corrected chi connectivity index (χ3v) is 1.79. The van der Waals surface area contributed by atoms with Gasteiger partial charge in [-0.1, -0.05) is 11.6 Å². The van der Waals surface area contributed by atoms with Crippen molar-refractivity contribution >= 4 is 11.6 Å². The molecule has 0 unspecified atom stereocenters. The van der Waals surface area contributed by atoms with Crippen molar-refractivity contribution < 1.29 is 9.13 Å². The normalized spacial score (nSPS) is 11.5. The summed E-state index contributed by atoms with van der Waals surface area (Å²) in [5.74, 6) is 0.0703. The van der Waals surface area contributed by atoms with Gasteiger partial charge in [0.25, 0.3) is 0 Å². The molecule has 2 nitrogen and oxygen atoms in total. The van der Waals surface area contributed by atoms with E-state index in [4.69, 9.17) is 22.1 Å². The Morgan fingerprint density at radius 3 is 2.64 bits per heavy atom. The molecule has 0 radical (unpaired) electrons. The van der Waals surface area contributed by atoms with Crippen LogP contribution in [0, 0.1) is 5.82 Å². The van der Waals surface area contributed by atoms with Gasteiger partial charge in [0.1, 0.15) is 18.2 Å². The molecule has 0 saturated heterocycles. The lowest BCUT2D eigenvalue weighted by molar-refractivity contribution is 0.243. The molecule has 0 fully saturated rings. The first kappa shape index (κ1) is 11.3. The lowest BCUT2D eigenvalue weighted by Gasteiger charge is -2.19. The second kappa shape index (κ2) is 4.15. The summed E-state index contributed by atoms with van der Waals surface area (Å²) in [6.07, 6.45) is 0. The molecular weight excluding hydrogens is 205 g/mol. The lowest BCUT2D eigenvalue weighted by atomic mass is 10.1. The van der Waals surface area contributed by atoms with Gasteiger partial charge in [-0.3, -0.25) is 0 Å². The van der Waals surface area contributed by atoms with Crippen molar-refractivity contribution in [2.75, 3.05) is 6.61 Å². The molecule has 1 aromatic carbocycles. The average Bonchev–Trinajstić information content (AvgIpc) is 2.00. The Bertz CT molecular complexity index is 322. The minimum atomic E-state index is -0.433. The fourth-order valence-electron chi connectivity index (χ4n) is 0.856. The molecule has 0 heterocycles. The van der Waals surface area contributed by atoms with E-state index in [9.17, 15) is 4.39 Å². The lowest BCUT2D eigenvalue weighted by Crippen LogP contribution is -2.38. The molecule has 0 spiro atoms. The van der Waals surface area contributed by atoms with Crippen LogP contribution >= 0.6 is 11.6 Å². The zero-order valence-corrected chi connectivity index (χ0v) is 8.94. The van der Waals surface area contributed by atoms with Crippen molar-refractivity contribution in [3.63, 3.8) is 0 Å². The van der Waals surface area contributed by atoms with Gasteiger partial charge in [-0.2, -0.15) is 0 Å². The van der Waals surface area contributed by atoms with E-state index in [0.29, 0.717) is 12.4 Å². The fourth-order valence-corrected chi connectivity index (χ4v) is 1.08. The van der Waals surface area contributed by atoms with E-state index in [1.165, 1.54) is 18.2 Å². The van der Waals surface area contributed by atoms with Gasteiger partial charge in [-0.15, -0.1) is 0 Å². The molecule has 1 aromatic rings. The molecule has 1 rings (SSSR count). The maximum absolute atomic E-state index is 12.7. The summed E-state index contributed by atoms with van der Waals surface area (Å²) in [5, 5.41) is 0.259. The van der Waals surface area contributed by atoms with Crippen LogP contribution in [0.25, 0.3) is 0 Å². The van der Waals surface area contributed by atoms with Crippen LogP contribution in [0.4, 0.5) is 4.39 Å². The number of ether oxygens (including phenoxy) is 1. The topological polar surface area (TPSA) is 35.2 Å². The van der Waals surface area contributed by atoms with Gasteiger partial charge < -0.3 is 10.5 Å². The Morgan fingerprint density at radius 1 is 1.50 bits per heavy atom. The van der Waals surface area contributed by atoms with Crippen molar-refractivity contribution in [1.82, 2.24) is 0 Å². The van der Waals surface area contributed by atoms with E-state index in [-0.39, 0.29) is 10.8 Å². The summed E-state index contributed by atoms with van der Waals surface area (Å²) in [6.45, 7) is 4.01. The number of nitrogens with two attached hydrogens (primary N) is 1. The summed E-state index contributed by atoms with van der Waals surface area (Å²) in [7, 11) is 0. The Balaban J connectivity index is 2.68. The molecule has 0 aromatic heterocycles. The molecule has 2 N–H and O–H groups in total. The standard InChI is InChI=1S/C10H13ClFNO/c1-10(2,13)6-14-9-4-3-7(12)5-8(9)11/h3-5H,6,13H2,1-2H3. The minimum Gasteiger partial charge on any atom is -0.490 e. The molecule has 0 aliphatic heterocycles. The smallest absolute Gasteiger partial charge is 0.138 e. The highest BCUT2D eigenvalue weighted by molar-refractivity contribution is 6.32. The minimum absolute atomic E-state index is 0.259.